The quantitative estimate of drug-likeness (QED) is 0.557. The van der Waals surface area contributed by atoms with Gasteiger partial charge in [0.2, 0.25) is 5.91 Å². The van der Waals surface area contributed by atoms with Crippen molar-refractivity contribution in [3.05, 3.63) is 16.8 Å². The lowest BCUT2D eigenvalue weighted by Crippen LogP contribution is -2.37. The maximum atomic E-state index is 12.1. The Morgan fingerprint density at radius 2 is 2.12 bits per heavy atom. The summed E-state index contributed by atoms with van der Waals surface area (Å²) in [5.41, 5.74) is 0.765. The van der Waals surface area contributed by atoms with Gasteiger partial charge in [0.1, 0.15) is 21.9 Å². The third kappa shape index (κ3) is 4.43. The first-order valence-corrected chi connectivity index (χ1v) is 8.69. The number of likely N-dealkylation sites (N-methyl/N-ethyl adjacent to an activating group) is 1. The minimum atomic E-state index is -0.367. The molecule has 0 atom stereocenters. The highest BCUT2D eigenvalue weighted by Crippen LogP contribution is 2.34. The lowest BCUT2D eigenvalue weighted by Gasteiger charge is -2.18. The van der Waals surface area contributed by atoms with E-state index in [1.807, 2.05) is 6.92 Å². The van der Waals surface area contributed by atoms with E-state index in [9.17, 15) is 9.59 Å². The van der Waals surface area contributed by atoms with Crippen molar-refractivity contribution >= 4 is 39.2 Å². The summed E-state index contributed by atoms with van der Waals surface area (Å²) in [6.07, 6.45) is 1.43. The fraction of sp³-hybridized carbons (Fsp3) is 0.500. The number of aromatic nitrogens is 2. The third-order valence-electron chi connectivity index (χ3n) is 3.54. The first-order chi connectivity index (χ1) is 12.0. The maximum absolute atomic E-state index is 12.1. The molecule has 2 heterocycles. The number of methoxy groups -OCH3 is 1. The first kappa shape index (κ1) is 19.1. The topological polar surface area (TPSA) is 93.7 Å². The molecule has 0 radical (unpaired) electrons. The van der Waals surface area contributed by atoms with Gasteiger partial charge in [-0.05, 0) is 19.4 Å². The number of hydrogen-bond acceptors (Lipinski definition) is 8. The Morgan fingerprint density at radius 1 is 1.36 bits per heavy atom. The first-order valence-electron chi connectivity index (χ1n) is 7.87. The standard InChI is InChI=1S/C16H22N4O4S/c1-5-24-16(22)13-10(2)12-14(18-9-19-15(12)25-13)20(3)8-11(21)17-6-7-23-4/h9H,5-8H2,1-4H3,(H,17,21). The van der Waals surface area contributed by atoms with Crippen LogP contribution in [0.25, 0.3) is 10.2 Å². The Bertz CT molecular complexity index is 762. The Kier molecular flexibility index (Phi) is 6.65. The number of carbonyl (C=O) groups is 2. The van der Waals surface area contributed by atoms with Crippen LogP contribution in [0.5, 0.6) is 0 Å². The molecule has 9 heteroatoms. The van der Waals surface area contributed by atoms with Gasteiger partial charge in [0.25, 0.3) is 0 Å². The number of anilines is 1. The average Bonchev–Trinajstić information content (AvgIpc) is 2.92. The summed E-state index contributed by atoms with van der Waals surface area (Å²) >= 11 is 1.27. The van der Waals surface area contributed by atoms with E-state index < -0.39 is 0 Å². The molecule has 136 valence electrons. The average molecular weight is 366 g/mol. The second-order valence-electron chi connectivity index (χ2n) is 5.35. The molecule has 0 aromatic carbocycles. The van der Waals surface area contributed by atoms with E-state index in [1.54, 1.807) is 26.0 Å². The van der Waals surface area contributed by atoms with E-state index in [0.717, 1.165) is 10.9 Å². The Hall–Kier alpha value is -2.26. The molecule has 0 unspecified atom stereocenters. The molecule has 2 rings (SSSR count). The summed E-state index contributed by atoms with van der Waals surface area (Å²) in [5, 5.41) is 3.53. The van der Waals surface area contributed by atoms with Gasteiger partial charge in [-0.2, -0.15) is 0 Å². The number of ether oxygens (including phenoxy) is 2. The lowest BCUT2D eigenvalue weighted by molar-refractivity contribution is -0.119. The molecule has 1 amide bonds. The van der Waals surface area contributed by atoms with Crippen molar-refractivity contribution in [2.45, 2.75) is 13.8 Å². The third-order valence-corrected chi connectivity index (χ3v) is 4.72. The zero-order valence-electron chi connectivity index (χ0n) is 14.8. The minimum absolute atomic E-state index is 0.134. The zero-order chi connectivity index (χ0) is 18.4. The summed E-state index contributed by atoms with van der Waals surface area (Å²) in [7, 11) is 3.36. The smallest absolute Gasteiger partial charge is 0.348 e. The van der Waals surface area contributed by atoms with E-state index in [0.29, 0.717) is 35.3 Å². The van der Waals surface area contributed by atoms with E-state index >= 15 is 0 Å². The number of carbonyl (C=O) groups excluding carboxylic acids is 2. The van der Waals surface area contributed by atoms with Crippen LogP contribution in [0.3, 0.4) is 0 Å². The molecule has 0 bridgehead atoms. The van der Waals surface area contributed by atoms with Gasteiger partial charge in [-0.25, -0.2) is 14.8 Å². The number of aryl methyl sites for hydroxylation is 1. The molecule has 8 nitrogen and oxygen atoms in total. The molecule has 1 N–H and O–H groups in total. The van der Waals surface area contributed by atoms with Gasteiger partial charge in [0.05, 0.1) is 25.1 Å². The number of nitrogens with one attached hydrogen (secondary N) is 1. The Balaban J connectivity index is 2.26. The van der Waals surface area contributed by atoms with Crippen molar-refractivity contribution in [1.29, 1.82) is 0 Å². The predicted molar refractivity (Wildman–Crippen MR) is 96.3 cm³/mol. The molecule has 0 saturated carbocycles. The van der Waals surface area contributed by atoms with Crippen LogP contribution in [0.4, 0.5) is 5.82 Å². The highest BCUT2D eigenvalue weighted by Gasteiger charge is 2.22. The summed E-state index contributed by atoms with van der Waals surface area (Å²) in [6, 6.07) is 0. The molecule has 0 aliphatic heterocycles. The second-order valence-corrected chi connectivity index (χ2v) is 6.35. The van der Waals surface area contributed by atoms with Crippen molar-refractivity contribution in [2.24, 2.45) is 0 Å². The predicted octanol–water partition coefficient (Wildman–Crippen LogP) is 1.38. The van der Waals surface area contributed by atoms with Crippen LogP contribution >= 0.6 is 11.3 Å². The molecule has 25 heavy (non-hydrogen) atoms. The highest BCUT2D eigenvalue weighted by molar-refractivity contribution is 7.20. The summed E-state index contributed by atoms with van der Waals surface area (Å²) in [5.74, 6) is 0.106. The van der Waals surface area contributed by atoms with Crippen LogP contribution in [0.15, 0.2) is 6.33 Å². The van der Waals surface area contributed by atoms with Gasteiger partial charge >= 0.3 is 5.97 Å². The summed E-state index contributed by atoms with van der Waals surface area (Å²) in [4.78, 5) is 35.6. The van der Waals surface area contributed by atoms with E-state index in [-0.39, 0.29) is 18.4 Å². The van der Waals surface area contributed by atoms with Crippen LogP contribution in [-0.2, 0) is 14.3 Å². The fourth-order valence-corrected chi connectivity index (χ4v) is 3.41. The number of rotatable bonds is 8. The SMILES string of the molecule is CCOC(=O)c1sc2ncnc(N(C)CC(=O)NCCOC)c2c1C. The summed E-state index contributed by atoms with van der Waals surface area (Å²) < 4.78 is 10.0. The number of nitrogens with zero attached hydrogens (tertiary/aromatic N) is 3. The van der Waals surface area contributed by atoms with Crippen LogP contribution < -0.4 is 10.2 Å². The molecule has 0 fully saturated rings. The largest absolute Gasteiger partial charge is 0.462 e. The second kappa shape index (κ2) is 8.72. The number of esters is 1. The molecular formula is C16H22N4O4S. The summed E-state index contributed by atoms with van der Waals surface area (Å²) in [6.45, 7) is 4.96. The fourth-order valence-electron chi connectivity index (χ4n) is 2.37. The van der Waals surface area contributed by atoms with E-state index in [2.05, 4.69) is 15.3 Å². The molecule has 2 aromatic heterocycles. The Morgan fingerprint density at radius 3 is 2.80 bits per heavy atom. The van der Waals surface area contributed by atoms with Crippen molar-refractivity contribution in [3.63, 3.8) is 0 Å². The van der Waals surface area contributed by atoms with Crippen molar-refractivity contribution in [2.75, 3.05) is 45.4 Å². The van der Waals surface area contributed by atoms with Gasteiger partial charge in [-0.1, -0.05) is 0 Å². The van der Waals surface area contributed by atoms with Crippen LogP contribution in [-0.4, -0.2) is 62.3 Å². The van der Waals surface area contributed by atoms with Crippen LogP contribution in [0.1, 0.15) is 22.2 Å². The van der Waals surface area contributed by atoms with Crippen molar-refractivity contribution in [3.8, 4) is 0 Å². The number of thiophene rings is 1. The van der Waals surface area contributed by atoms with E-state index in [4.69, 9.17) is 9.47 Å². The van der Waals surface area contributed by atoms with E-state index in [1.165, 1.54) is 17.7 Å². The number of fused-ring (bicyclic) bond motifs is 1. The van der Waals surface area contributed by atoms with Gasteiger partial charge in [0, 0.05) is 20.7 Å². The molecule has 0 aliphatic carbocycles. The Labute approximate surface area is 150 Å². The normalized spacial score (nSPS) is 10.7. The lowest BCUT2D eigenvalue weighted by atomic mass is 10.2. The molecular weight excluding hydrogens is 344 g/mol. The van der Waals surface area contributed by atoms with Gasteiger partial charge in [-0.15, -0.1) is 11.3 Å². The van der Waals surface area contributed by atoms with Gasteiger partial charge in [0.15, 0.2) is 0 Å². The van der Waals surface area contributed by atoms with Gasteiger partial charge in [-0.3, -0.25) is 4.79 Å². The van der Waals surface area contributed by atoms with Crippen LogP contribution in [0.2, 0.25) is 0 Å². The number of hydrogen-bond donors (Lipinski definition) is 1. The minimum Gasteiger partial charge on any atom is -0.462 e. The highest BCUT2D eigenvalue weighted by atomic mass is 32.1. The molecule has 0 saturated heterocycles. The van der Waals surface area contributed by atoms with Crippen molar-refractivity contribution < 1.29 is 19.1 Å². The van der Waals surface area contributed by atoms with Crippen molar-refractivity contribution in [1.82, 2.24) is 15.3 Å². The zero-order valence-corrected chi connectivity index (χ0v) is 15.6. The van der Waals surface area contributed by atoms with Crippen LogP contribution in [0, 0.1) is 6.92 Å². The molecule has 0 spiro atoms. The van der Waals surface area contributed by atoms with Gasteiger partial charge < -0.3 is 19.7 Å². The number of amides is 1. The maximum Gasteiger partial charge on any atom is 0.348 e. The molecule has 0 aliphatic rings. The monoisotopic (exact) mass is 366 g/mol. The molecule has 2 aromatic rings.